The largest absolute Gasteiger partial charge is 0.366 e. The van der Waals surface area contributed by atoms with E-state index in [1.807, 2.05) is 0 Å². The van der Waals surface area contributed by atoms with Crippen molar-refractivity contribution in [2.45, 2.75) is 106 Å². The van der Waals surface area contributed by atoms with Gasteiger partial charge in [-0.1, -0.05) is 6.58 Å². The lowest BCUT2D eigenvalue weighted by Gasteiger charge is -2.49. The van der Waals surface area contributed by atoms with Crippen molar-refractivity contribution in [1.82, 2.24) is 14.2 Å². The zero-order chi connectivity index (χ0) is 18.5. The van der Waals surface area contributed by atoms with E-state index in [-0.39, 0.29) is 0 Å². The standard InChI is InChI=1S/C19H42N3P/c1-14(2)20(15(3)4)13-23(21(16(5)6)17(7)8)22(18(9)10)19(11)12/h15-19H,1,13H2,2-12H3. The topological polar surface area (TPSA) is 9.72 Å². The molecule has 0 unspecified atom stereocenters. The van der Waals surface area contributed by atoms with Gasteiger partial charge < -0.3 is 4.90 Å². The van der Waals surface area contributed by atoms with Crippen LogP contribution in [-0.4, -0.2) is 50.7 Å². The summed E-state index contributed by atoms with van der Waals surface area (Å²) in [7, 11) is -0.418. The van der Waals surface area contributed by atoms with Gasteiger partial charge in [0.2, 0.25) is 0 Å². The Morgan fingerprint density at radius 2 is 1.00 bits per heavy atom. The second kappa shape index (κ2) is 10.0. The molecule has 0 aromatic carbocycles. The number of nitrogens with zero attached hydrogens (tertiary/aromatic N) is 3. The predicted octanol–water partition coefficient (Wildman–Crippen LogP) is 5.74. The van der Waals surface area contributed by atoms with Crippen molar-refractivity contribution in [3.8, 4) is 0 Å². The maximum Gasteiger partial charge on any atom is 0.0650 e. The maximum absolute atomic E-state index is 4.23. The van der Waals surface area contributed by atoms with Gasteiger partial charge in [-0.25, -0.2) is 0 Å². The van der Waals surface area contributed by atoms with Crippen molar-refractivity contribution < 1.29 is 0 Å². The van der Waals surface area contributed by atoms with E-state index in [0.717, 1.165) is 6.29 Å². The van der Waals surface area contributed by atoms with Crippen molar-refractivity contribution in [3.63, 3.8) is 0 Å². The van der Waals surface area contributed by atoms with E-state index in [1.54, 1.807) is 0 Å². The van der Waals surface area contributed by atoms with Crippen molar-refractivity contribution in [1.29, 1.82) is 0 Å². The highest BCUT2D eigenvalue weighted by Gasteiger charge is 2.34. The quantitative estimate of drug-likeness (QED) is 0.468. The van der Waals surface area contributed by atoms with Crippen LogP contribution in [-0.2, 0) is 0 Å². The van der Waals surface area contributed by atoms with Crippen LogP contribution in [0.15, 0.2) is 12.3 Å². The third kappa shape index (κ3) is 6.72. The second-order valence-electron chi connectivity index (χ2n) is 7.95. The summed E-state index contributed by atoms with van der Waals surface area (Å²) < 4.78 is 5.43. The summed E-state index contributed by atoms with van der Waals surface area (Å²) >= 11 is 0. The number of rotatable bonds is 10. The Morgan fingerprint density at radius 1 is 0.696 bits per heavy atom. The Kier molecular flexibility index (Phi) is 9.96. The van der Waals surface area contributed by atoms with Crippen LogP contribution in [0.4, 0.5) is 0 Å². The molecule has 0 bridgehead atoms. The first-order chi connectivity index (χ1) is 10.4. The van der Waals surface area contributed by atoms with E-state index in [9.17, 15) is 0 Å². The van der Waals surface area contributed by atoms with Gasteiger partial charge in [0, 0.05) is 35.9 Å². The normalized spacial score (nSPS) is 13.0. The van der Waals surface area contributed by atoms with Gasteiger partial charge in [-0.3, -0.25) is 9.34 Å². The third-order valence-corrected chi connectivity index (χ3v) is 7.51. The van der Waals surface area contributed by atoms with Gasteiger partial charge in [-0.05, 0) is 76.2 Å². The summed E-state index contributed by atoms with van der Waals surface area (Å²) in [4.78, 5) is 2.47. The van der Waals surface area contributed by atoms with Gasteiger partial charge >= 0.3 is 0 Å². The summed E-state index contributed by atoms with van der Waals surface area (Å²) in [6.07, 6.45) is 1.06. The van der Waals surface area contributed by atoms with Crippen LogP contribution in [0, 0.1) is 0 Å². The fourth-order valence-electron chi connectivity index (χ4n) is 3.39. The monoisotopic (exact) mass is 343 g/mol. The zero-order valence-corrected chi connectivity index (χ0v) is 18.5. The highest BCUT2D eigenvalue weighted by atomic mass is 31.1. The van der Waals surface area contributed by atoms with Crippen molar-refractivity contribution in [3.05, 3.63) is 12.3 Å². The molecule has 0 spiro atoms. The third-order valence-electron chi connectivity index (χ3n) is 4.04. The molecule has 0 heterocycles. The molecule has 0 aliphatic rings. The van der Waals surface area contributed by atoms with E-state index in [2.05, 4.69) is 97.0 Å². The first-order valence-corrected chi connectivity index (χ1v) is 10.6. The molecule has 0 aromatic heterocycles. The van der Waals surface area contributed by atoms with E-state index in [1.165, 1.54) is 5.70 Å². The molecule has 3 nitrogen and oxygen atoms in total. The van der Waals surface area contributed by atoms with Crippen molar-refractivity contribution in [2.24, 2.45) is 0 Å². The minimum Gasteiger partial charge on any atom is -0.366 e. The van der Waals surface area contributed by atoms with E-state index < -0.39 is 8.22 Å². The Balaban J connectivity index is 5.81. The summed E-state index contributed by atoms with van der Waals surface area (Å²) in [5.74, 6) is 0. The smallest absolute Gasteiger partial charge is 0.0650 e. The van der Waals surface area contributed by atoms with Crippen molar-refractivity contribution in [2.75, 3.05) is 6.29 Å². The fraction of sp³-hybridized carbons (Fsp3) is 0.895. The number of allylic oxidation sites excluding steroid dienone is 1. The molecule has 0 radical (unpaired) electrons. The summed E-state index contributed by atoms with van der Waals surface area (Å²) in [6, 6.07) is 2.65. The van der Waals surface area contributed by atoms with Crippen molar-refractivity contribution >= 4 is 8.22 Å². The number of hydrogen-bond donors (Lipinski definition) is 0. The average Bonchev–Trinajstić information content (AvgIpc) is 2.32. The van der Waals surface area contributed by atoms with E-state index >= 15 is 0 Å². The van der Waals surface area contributed by atoms with Gasteiger partial charge in [0.1, 0.15) is 0 Å². The molecule has 0 amide bonds. The summed E-state index contributed by atoms with van der Waals surface area (Å²) in [6.45, 7) is 29.5. The molecule has 0 saturated heterocycles. The van der Waals surface area contributed by atoms with Gasteiger partial charge in [-0.2, -0.15) is 0 Å². The molecule has 23 heavy (non-hydrogen) atoms. The van der Waals surface area contributed by atoms with Gasteiger partial charge in [-0.15, -0.1) is 0 Å². The lowest BCUT2D eigenvalue weighted by atomic mass is 10.3. The molecule has 0 atom stereocenters. The molecule has 0 aliphatic heterocycles. The first-order valence-electron chi connectivity index (χ1n) is 9.17. The first kappa shape index (κ1) is 22.9. The number of hydrogen-bond acceptors (Lipinski definition) is 3. The van der Waals surface area contributed by atoms with Crippen LogP contribution in [0.3, 0.4) is 0 Å². The molecule has 0 fully saturated rings. The Morgan fingerprint density at radius 3 is 1.17 bits per heavy atom. The summed E-state index contributed by atoms with van der Waals surface area (Å²) in [5.41, 5.74) is 1.17. The van der Waals surface area contributed by atoms with Crippen LogP contribution in [0.5, 0.6) is 0 Å². The predicted molar refractivity (Wildman–Crippen MR) is 108 cm³/mol. The summed E-state index contributed by atoms with van der Waals surface area (Å²) in [5, 5.41) is 0. The Bertz CT molecular complexity index is 315. The van der Waals surface area contributed by atoms with E-state index in [4.69, 9.17) is 0 Å². The van der Waals surface area contributed by atoms with Crippen LogP contribution < -0.4 is 0 Å². The molecule has 138 valence electrons. The molecule has 0 aliphatic carbocycles. The molecule has 0 aromatic rings. The zero-order valence-electron chi connectivity index (χ0n) is 17.6. The van der Waals surface area contributed by atoms with E-state index in [0.29, 0.717) is 30.2 Å². The molecule has 0 saturated carbocycles. The van der Waals surface area contributed by atoms with Gasteiger partial charge in [0.25, 0.3) is 0 Å². The SMILES string of the molecule is C=C(C)N(CP(N(C(C)C)C(C)C)N(C(C)C)C(C)C)C(C)C. The lowest BCUT2D eigenvalue weighted by Crippen LogP contribution is -2.46. The van der Waals surface area contributed by atoms with Gasteiger partial charge in [0.15, 0.2) is 0 Å². The second-order valence-corrected chi connectivity index (χ2v) is 9.90. The molecule has 4 heteroatoms. The van der Waals surface area contributed by atoms with Crippen LogP contribution in [0.1, 0.15) is 76.2 Å². The average molecular weight is 344 g/mol. The highest BCUT2D eigenvalue weighted by molar-refractivity contribution is 7.52. The Hall–Kier alpha value is -0.110. The maximum atomic E-state index is 4.23. The van der Waals surface area contributed by atoms with Crippen LogP contribution in [0.2, 0.25) is 0 Å². The van der Waals surface area contributed by atoms with Crippen LogP contribution in [0.25, 0.3) is 0 Å². The molecular weight excluding hydrogens is 301 g/mol. The lowest BCUT2D eigenvalue weighted by molar-refractivity contribution is 0.238. The Labute approximate surface area is 148 Å². The minimum absolute atomic E-state index is 0.418. The fourth-order valence-corrected chi connectivity index (χ4v) is 6.89. The highest BCUT2D eigenvalue weighted by Crippen LogP contribution is 2.50. The molecule has 0 rings (SSSR count). The molecule has 0 N–H and O–H groups in total. The minimum atomic E-state index is -0.418. The van der Waals surface area contributed by atoms with Gasteiger partial charge in [0.05, 0.1) is 14.5 Å². The molecular formula is C19H42N3P. The van der Waals surface area contributed by atoms with Crippen LogP contribution >= 0.6 is 8.22 Å².